The Kier molecular flexibility index (Phi) is 5.63. The first-order chi connectivity index (χ1) is 14.5. The second-order valence-corrected chi connectivity index (χ2v) is 7.18. The van der Waals surface area contributed by atoms with Gasteiger partial charge in [0.25, 0.3) is 0 Å². The van der Waals surface area contributed by atoms with E-state index in [1.807, 2.05) is 50.2 Å². The minimum atomic E-state index is -1.01. The normalized spacial score (nSPS) is 11.4. The molecule has 0 atom stereocenters. The van der Waals surface area contributed by atoms with Crippen molar-refractivity contribution in [1.29, 1.82) is 0 Å². The maximum Gasteiger partial charge on any atom is 0.352 e. The highest BCUT2D eigenvalue weighted by Crippen LogP contribution is 2.30. The highest BCUT2D eigenvalue weighted by molar-refractivity contribution is 5.96. The average Bonchev–Trinajstić information content (AvgIpc) is 3.33. The second-order valence-electron chi connectivity index (χ2n) is 7.18. The van der Waals surface area contributed by atoms with Gasteiger partial charge in [0.1, 0.15) is 36.0 Å². The Morgan fingerprint density at radius 1 is 1.10 bits per heavy atom. The van der Waals surface area contributed by atoms with Crippen LogP contribution in [0, 0.1) is 0 Å². The molecule has 4 aromatic rings. The summed E-state index contributed by atoms with van der Waals surface area (Å²) in [6.07, 6.45) is 1.84. The third-order valence-electron chi connectivity index (χ3n) is 4.67. The van der Waals surface area contributed by atoms with Gasteiger partial charge in [-0.05, 0) is 44.2 Å². The summed E-state index contributed by atoms with van der Waals surface area (Å²) in [6.45, 7) is 5.27. The molecule has 0 bridgehead atoms. The number of H-pyrrole nitrogens is 1. The van der Waals surface area contributed by atoms with Crippen molar-refractivity contribution in [3.05, 3.63) is 60.0 Å². The molecule has 7 heteroatoms. The lowest BCUT2D eigenvalue weighted by Gasteiger charge is -2.09. The van der Waals surface area contributed by atoms with E-state index in [9.17, 15) is 9.90 Å². The number of rotatable bonds is 9. The number of aromatic carboxylic acids is 1. The number of hydrogen-bond acceptors (Lipinski definition) is 5. The quantitative estimate of drug-likeness (QED) is 0.378. The van der Waals surface area contributed by atoms with Crippen molar-refractivity contribution in [3.63, 3.8) is 0 Å². The molecule has 0 aliphatic rings. The van der Waals surface area contributed by atoms with Crippen LogP contribution in [-0.4, -0.2) is 35.4 Å². The van der Waals surface area contributed by atoms with Crippen LogP contribution in [0.15, 0.2) is 53.1 Å². The summed E-state index contributed by atoms with van der Waals surface area (Å²) in [6, 6.07) is 12.7. The van der Waals surface area contributed by atoms with Gasteiger partial charge in [-0.15, -0.1) is 0 Å². The molecule has 30 heavy (non-hydrogen) atoms. The van der Waals surface area contributed by atoms with Crippen LogP contribution in [0.25, 0.3) is 21.9 Å². The molecule has 0 saturated heterocycles. The van der Waals surface area contributed by atoms with Crippen LogP contribution in [0.4, 0.5) is 0 Å². The first-order valence-electron chi connectivity index (χ1n) is 9.73. The number of benzene rings is 2. The van der Waals surface area contributed by atoms with Crippen LogP contribution >= 0.6 is 0 Å². The van der Waals surface area contributed by atoms with Crippen molar-refractivity contribution < 1.29 is 28.5 Å². The van der Waals surface area contributed by atoms with Crippen LogP contribution in [-0.2, 0) is 11.3 Å². The molecular weight excluding hydrogens is 386 g/mol. The summed E-state index contributed by atoms with van der Waals surface area (Å²) >= 11 is 0. The van der Waals surface area contributed by atoms with E-state index < -0.39 is 5.97 Å². The van der Waals surface area contributed by atoms with Gasteiger partial charge in [-0.3, -0.25) is 0 Å². The monoisotopic (exact) mass is 409 g/mol. The van der Waals surface area contributed by atoms with E-state index in [4.69, 9.17) is 18.6 Å². The number of fused-ring (bicyclic) bond motifs is 2. The molecule has 0 amide bonds. The van der Waals surface area contributed by atoms with E-state index in [1.165, 1.54) is 0 Å². The highest BCUT2D eigenvalue weighted by atomic mass is 16.5. The molecule has 0 saturated carbocycles. The molecule has 156 valence electrons. The fourth-order valence-corrected chi connectivity index (χ4v) is 3.23. The third kappa shape index (κ3) is 4.26. The summed E-state index contributed by atoms with van der Waals surface area (Å²) in [5.41, 5.74) is 2.45. The van der Waals surface area contributed by atoms with Gasteiger partial charge in [0.05, 0.1) is 19.0 Å². The zero-order chi connectivity index (χ0) is 21.1. The number of carboxylic acids is 1. The Bertz CT molecular complexity index is 1170. The van der Waals surface area contributed by atoms with Crippen molar-refractivity contribution in [2.45, 2.75) is 26.6 Å². The Hall–Kier alpha value is -3.45. The molecule has 2 heterocycles. The van der Waals surface area contributed by atoms with Crippen molar-refractivity contribution in [3.8, 4) is 11.5 Å². The van der Waals surface area contributed by atoms with Gasteiger partial charge in [-0.2, -0.15) is 0 Å². The van der Waals surface area contributed by atoms with Crippen molar-refractivity contribution in [1.82, 2.24) is 4.98 Å². The minimum Gasteiger partial charge on any atom is -0.491 e. The molecule has 2 aromatic heterocycles. The number of aromatic nitrogens is 1. The Balaban J connectivity index is 1.46. The highest BCUT2D eigenvalue weighted by Gasteiger charge is 2.13. The van der Waals surface area contributed by atoms with Crippen LogP contribution in [0.3, 0.4) is 0 Å². The summed E-state index contributed by atoms with van der Waals surface area (Å²) in [4.78, 5) is 14.1. The van der Waals surface area contributed by atoms with Gasteiger partial charge in [-0.25, -0.2) is 4.79 Å². The number of nitrogens with one attached hydrogen (secondary N) is 1. The van der Waals surface area contributed by atoms with E-state index >= 15 is 0 Å². The van der Waals surface area contributed by atoms with Crippen molar-refractivity contribution in [2.75, 3.05) is 13.2 Å². The van der Waals surface area contributed by atoms with E-state index in [0.29, 0.717) is 36.7 Å². The molecule has 7 nitrogen and oxygen atoms in total. The van der Waals surface area contributed by atoms with Crippen LogP contribution in [0.2, 0.25) is 0 Å². The lowest BCUT2D eigenvalue weighted by Crippen LogP contribution is -2.11. The SMILES string of the molecule is CC(C)OCCOc1ccc2c(COc3cccc4[nH]c(C(=O)O)cc34)coc2c1. The molecule has 2 aromatic carbocycles. The number of aromatic amines is 1. The predicted octanol–water partition coefficient (Wildman–Crippen LogP) is 5.00. The van der Waals surface area contributed by atoms with Crippen molar-refractivity contribution >= 4 is 27.8 Å². The molecule has 4 rings (SSSR count). The molecule has 0 aliphatic carbocycles. The van der Waals surface area contributed by atoms with Crippen molar-refractivity contribution in [2.24, 2.45) is 0 Å². The standard InChI is InChI=1S/C23H23NO6/c1-14(2)27-8-9-28-16-6-7-17-15(13-30-22(17)10-16)12-29-21-5-3-4-19-18(21)11-20(24-19)23(25)26/h3-7,10-11,13-14,24H,8-9,12H2,1-2H3,(H,25,26). The van der Waals surface area contributed by atoms with Gasteiger partial charge in [0, 0.05) is 27.9 Å². The number of furan rings is 1. The maximum absolute atomic E-state index is 11.2. The van der Waals surface area contributed by atoms with Gasteiger partial charge < -0.3 is 28.7 Å². The maximum atomic E-state index is 11.2. The zero-order valence-electron chi connectivity index (χ0n) is 16.8. The molecule has 0 unspecified atom stereocenters. The second kappa shape index (κ2) is 8.51. The fraction of sp³-hybridized carbons (Fsp3) is 0.261. The Morgan fingerprint density at radius 3 is 2.77 bits per heavy atom. The Labute approximate surface area is 173 Å². The fourth-order valence-electron chi connectivity index (χ4n) is 3.23. The minimum absolute atomic E-state index is 0.126. The third-order valence-corrected chi connectivity index (χ3v) is 4.67. The predicted molar refractivity (Wildman–Crippen MR) is 112 cm³/mol. The molecule has 2 N–H and O–H groups in total. The first-order valence-corrected chi connectivity index (χ1v) is 9.73. The number of carbonyl (C=O) groups is 1. The van der Waals surface area contributed by atoms with Gasteiger partial charge in [0.15, 0.2) is 0 Å². The summed E-state index contributed by atoms with van der Waals surface area (Å²) in [5.74, 6) is 0.317. The molecule has 0 spiro atoms. The summed E-state index contributed by atoms with van der Waals surface area (Å²) in [7, 11) is 0. The largest absolute Gasteiger partial charge is 0.491 e. The number of ether oxygens (including phenoxy) is 3. The van der Waals surface area contributed by atoms with E-state index in [0.717, 1.165) is 22.1 Å². The molecule has 0 radical (unpaired) electrons. The number of hydrogen-bond donors (Lipinski definition) is 2. The van der Waals surface area contributed by atoms with Gasteiger partial charge >= 0.3 is 5.97 Å². The van der Waals surface area contributed by atoms with Gasteiger partial charge in [0.2, 0.25) is 0 Å². The smallest absolute Gasteiger partial charge is 0.352 e. The van der Waals surface area contributed by atoms with E-state index in [1.54, 1.807) is 12.3 Å². The van der Waals surface area contributed by atoms with Gasteiger partial charge in [-0.1, -0.05) is 6.07 Å². The molecular formula is C23H23NO6. The lowest BCUT2D eigenvalue weighted by molar-refractivity contribution is 0.0553. The molecule has 0 fully saturated rings. The van der Waals surface area contributed by atoms with E-state index in [2.05, 4.69) is 4.98 Å². The first kappa shape index (κ1) is 19.8. The number of carboxylic acid groups (broad SMARTS) is 1. The van der Waals surface area contributed by atoms with Crippen LogP contribution < -0.4 is 9.47 Å². The average molecular weight is 409 g/mol. The van der Waals surface area contributed by atoms with Crippen LogP contribution in [0.5, 0.6) is 11.5 Å². The lowest BCUT2D eigenvalue weighted by atomic mass is 10.2. The summed E-state index contributed by atoms with van der Waals surface area (Å²) < 4.78 is 22.8. The zero-order valence-corrected chi connectivity index (χ0v) is 16.8. The molecule has 0 aliphatic heterocycles. The van der Waals surface area contributed by atoms with E-state index in [-0.39, 0.29) is 11.8 Å². The summed E-state index contributed by atoms with van der Waals surface area (Å²) in [5, 5.41) is 10.9. The Morgan fingerprint density at radius 2 is 1.97 bits per heavy atom. The van der Waals surface area contributed by atoms with Crippen LogP contribution in [0.1, 0.15) is 29.9 Å². The topological polar surface area (TPSA) is 93.9 Å².